The first-order chi connectivity index (χ1) is 7.09. The monoisotopic (exact) mass is 229 g/mol. The fraction of sp³-hybridized carbons (Fsp3) is 0.455. The molecule has 15 heavy (non-hydrogen) atoms. The molecular formula is C11H13ClFNO. The largest absolute Gasteiger partial charge is 0.391 e. The minimum absolute atomic E-state index is 0.244. The summed E-state index contributed by atoms with van der Waals surface area (Å²) in [4.78, 5) is 0. The Balaban J connectivity index is 2.42. The van der Waals surface area contributed by atoms with E-state index in [2.05, 4.69) is 5.32 Å². The minimum atomic E-state index is -0.483. The van der Waals surface area contributed by atoms with Crippen molar-refractivity contribution < 1.29 is 9.50 Å². The molecule has 1 heterocycles. The Morgan fingerprint density at radius 3 is 2.87 bits per heavy atom. The van der Waals surface area contributed by atoms with E-state index in [4.69, 9.17) is 11.6 Å². The minimum Gasteiger partial charge on any atom is -0.391 e. The lowest BCUT2D eigenvalue weighted by molar-refractivity contribution is 0.160. The maximum absolute atomic E-state index is 13.2. The van der Waals surface area contributed by atoms with Crippen LogP contribution >= 0.6 is 11.6 Å². The van der Waals surface area contributed by atoms with E-state index in [-0.39, 0.29) is 11.9 Å². The third-order valence-electron chi connectivity index (χ3n) is 2.77. The number of rotatable bonds is 1. The number of nitrogens with one attached hydrogen (secondary N) is 1. The van der Waals surface area contributed by atoms with Crippen LogP contribution in [-0.4, -0.2) is 17.8 Å². The molecule has 4 heteroatoms. The van der Waals surface area contributed by atoms with Crippen LogP contribution in [0.5, 0.6) is 0 Å². The van der Waals surface area contributed by atoms with Crippen LogP contribution < -0.4 is 5.32 Å². The third-order valence-corrected chi connectivity index (χ3v) is 3.29. The van der Waals surface area contributed by atoms with Gasteiger partial charge in [0.25, 0.3) is 0 Å². The number of hydrogen-bond acceptors (Lipinski definition) is 2. The Morgan fingerprint density at radius 2 is 2.27 bits per heavy atom. The maximum atomic E-state index is 13.2. The van der Waals surface area contributed by atoms with Gasteiger partial charge in [-0.05, 0) is 43.1 Å². The molecular weight excluding hydrogens is 217 g/mol. The zero-order valence-corrected chi connectivity index (χ0v) is 9.18. The fourth-order valence-electron chi connectivity index (χ4n) is 1.98. The Hall–Kier alpha value is -0.640. The van der Waals surface area contributed by atoms with Gasteiger partial charge in [0.05, 0.1) is 12.1 Å². The standard InChI is InChI=1S/C11H13ClFNO/c1-6-4-7(13)5-8(10(6)12)11-9(15)2-3-14-11/h4-5,9,11,14-15H,2-3H2,1H3/t9-,11-/m1/s1. The molecule has 0 radical (unpaired) electrons. The highest BCUT2D eigenvalue weighted by molar-refractivity contribution is 6.32. The second kappa shape index (κ2) is 4.08. The van der Waals surface area contributed by atoms with Crippen molar-refractivity contribution in [2.75, 3.05) is 6.54 Å². The first-order valence-corrected chi connectivity index (χ1v) is 5.34. The number of aliphatic hydroxyl groups excluding tert-OH is 1. The molecule has 2 N–H and O–H groups in total. The van der Waals surface area contributed by atoms with Gasteiger partial charge in [-0.15, -0.1) is 0 Å². The van der Waals surface area contributed by atoms with Crippen molar-refractivity contribution >= 4 is 11.6 Å². The van der Waals surface area contributed by atoms with Gasteiger partial charge >= 0.3 is 0 Å². The molecule has 0 unspecified atom stereocenters. The molecule has 1 aliphatic rings. The highest BCUT2D eigenvalue weighted by Gasteiger charge is 2.28. The molecule has 1 aromatic carbocycles. The van der Waals surface area contributed by atoms with Gasteiger partial charge in [0.1, 0.15) is 5.82 Å². The summed E-state index contributed by atoms with van der Waals surface area (Å²) in [5.41, 5.74) is 1.35. The number of aryl methyl sites for hydroxylation is 1. The SMILES string of the molecule is Cc1cc(F)cc([C@H]2NCC[C@H]2O)c1Cl. The fourth-order valence-corrected chi connectivity index (χ4v) is 2.21. The van der Waals surface area contributed by atoms with E-state index < -0.39 is 6.10 Å². The van der Waals surface area contributed by atoms with E-state index in [1.165, 1.54) is 12.1 Å². The predicted octanol–water partition coefficient (Wildman–Crippen LogP) is 2.18. The average molecular weight is 230 g/mol. The van der Waals surface area contributed by atoms with Gasteiger partial charge < -0.3 is 10.4 Å². The first-order valence-electron chi connectivity index (χ1n) is 4.96. The number of halogens is 2. The van der Waals surface area contributed by atoms with E-state index in [0.29, 0.717) is 22.6 Å². The lowest BCUT2D eigenvalue weighted by atomic mass is 10.0. The van der Waals surface area contributed by atoms with Crippen LogP contribution in [0.1, 0.15) is 23.6 Å². The highest BCUT2D eigenvalue weighted by atomic mass is 35.5. The van der Waals surface area contributed by atoms with Gasteiger partial charge in [0.15, 0.2) is 0 Å². The van der Waals surface area contributed by atoms with Crippen LogP contribution in [0.2, 0.25) is 5.02 Å². The smallest absolute Gasteiger partial charge is 0.123 e. The van der Waals surface area contributed by atoms with Crippen molar-refractivity contribution in [1.29, 1.82) is 0 Å². The molecule has 82 valence electrons. The highest BCUT2D eigenvalue weighted by Crippen LogP contribution is 2.32. The molecule has 2 nitrogen and oxygen atoms in total. The normalized spacial score (nSPS) is 25.9. The predicted molar refractivity (Wildman–Crippen MR) is 57.5 cm³/mol. The van der Waals surface area contributed by atoms with Crippen LogP contribution in [0.3, 0.4) is 0 Å². The molecule has 1 aliphatic heterocycles. The van der Waals surface area contributed by atoms with Crippen molar-refractivity contribution in [3.63, 3.8) is 0 Å². The van der Waals surface area contributed by atoms with Gasteiger partial charge in [0.2, 0.25) is 0 Å². The molecule has 0 aliphatic carbocycles. The summed E-state index contributed by atoms with van der Waals surface area (Å²) in [5.74, 6) is -0.312. The first kappa shape index (κ1) is 10.9. The lowest BCUT2D eigenvalue weighted by Gasteiger charge is -2.17. The van der Waals surface area contributed by atoms with Crippen molar-refractivity contribution in [2.45, 2.75) is 25.5 Å². The summed E-state index contributed by atoms with van der Waals surface area (Å²) in [6.45, 7) is 2.49. The lowest BCUT2D eigenvalue weighted by Crippen LogP contribution is -2.21. The van der Waals surface area contributed by atoms with E-state index in [1.807, 2.05) is 0 Å². The average Bonchev–Trinajstić information content (AvgIpc) is 2.58. The van der Waals surface area contributed by atoms with Crippen LogP contribution in [0, 0.1) is 12.7 Å². The maximum Gasteiger partial charge on any atom is 0.123 e. The molecule has 0 spiro atoms. The zero-order chi connectivity index (χ0) is 11.0. The third kappa shape index (κ3) is 2.00. The summed E-state index contributed by atoms with van der Waals surface area (Å²) < 4.78 is 13.2. The van der Waals surface area contributed by atoms with Gasteiger partial charge in [-0.3, -0.25) is 0 Å². The van der Waals surface area contributed by atoms with Crippen molar-refractivity contribution in [1.82, 2.24) is 5.32 Å². The van der Waals surface area contributed by atoms with Gasteiger partial charge in [0, 0.05) is 5.02 Å². The molecule has 0 bridgehead atoms. The summed E-state index contributed by atoms with van der Waals surface area (Å²) >= 11 is 6.09. The second-order valence-corrected chi connectivity index (χ2v) is 4.29. The Labute approximate surface area is 93.1 Å². The van der Waals surface area contributed by atoms with E-state index in [9.17, 15) is 9.50 Å². The van der Waals surface area contributed by atoms with Crippen LogP contribution in [-0.2, 0) is 0 Å². The molecule has 2 rings (SSSR count). The van der Waals surface area contributed by atoms with Crippen LogP contribution in [0.15, 0.2) is 12.1 Å². The number of aliphatic hydroxyl groups is 1. The van der Waals surface area contributed by atoms with Crippen molar-refractivity contribution in [3.8, 4) is 0 Å². The summed E-state index contributed by atoms with van der Waals surface area (Å²) in [5, 5.41) is 13.4. The Morgan fingerprint density at radius 1 is 1.53 bits per heavy atom. The molecule has 2 atom stereocenters. The van der Waals surface area contributed by atoms with Gasteiger partial charge in [-0.25, -0.2) is 4.39 Å². The number of benzene rings is 1. The van der Waals surface area contributed by atoms with Crippen LogP contribution in [0.4, 0.5) is 4.39 Å². The Kier molecular flexibility index (Phi) is 2.96. The van der Waals surface area contributed by atoms with E-state index in [0.717, 1.165) is 6.54 Å². The Bertz CT molecular complexity index is 383. The molecule has 1 aromatic rings. The topological polar surface area (TPSA) is 32.3 Å². The van der Waals surface area contributed by atoms with E-state index in [1.54, 1.807) is 6.92 Å². The molecule has 0 amide bonds. The van der Waals surface area contributed by atoms with E-state index >= 15 is 0 Å². The van der Waals surface area contributed by atoms with Crippen molar-refractivity contribution in [3.05, 3.63) is 34.1 Å². The summed E-state index contributed by atoms with van der Waals surface area (Å²) in [6.07, 6.45) is 0.194. The van der Waals surface area contributed by atoms with Crippen molar-refractivity contribution in [2.24, 2.45) is 0 Å². The van der Waals surface area contributed by atoms with Gasteiger partial charge in [-0.1, -0.05) is 11.6 Å². The van der Waals surface area contributed by atoms with Crippen LogP contribution in [0.25, 0.3) is 0 Å². The second-order valence-electron chi connectivity index (χ2n) is 3.91. The molecule has 0 aromatic heterocycles. The molecule has 1 fully saturated rings. The molecule has 1 saturated heterocycles. The number of hydrogen-bond donors (Lipinski definition) is 2. The quantitative estimate of drug-likeness (QED) is 0.774. The zero-order valence-electron chi connectivity index (χ0n) is 8.43. The van der Waals surface area contributed by atoms with Gasteiger partial charge in [-0.2, -0.15) is 0 Å². The summed E-state index contributed by atoms with van der Waals surface area (Å²) in [7, 11) is 0. The molecule has 0 saturated carbocycles. The summed E-state index contributed by atoms with van der Waals surface area (Å²) in [6, 6.07) is 2.54.